The normalized spacial score (nSPS) is 14.7. The highest BCUT2D eigenvalue weighted by Gasteiger charge is 2.30. The molecular formula is C20H25N5O5S. The summed E-state index contributed by atoms with van der Waals surface area (Å²) >= 11 is 0. The van der Waals surface area contributed by atoms with Gasteiger partial charge in [-0.05, 0) is 24.3 Å². The summed E-state index contributed by atoms with van der Waals surface area (Å²) in [5.41, 5.74) is 0.430. The van der Waals surface area contributed by atoms with Crippen molar-refractivity contribution in [3.05, 3.63) is 58.4 Å². The fourth-order valence-electron chi connectivity index (χ4n) is 3.59. The van der Waals surface area contributed by atoms with Crippen molar-refractivity contribution in [3.8, 4) is 0 Å². The number of nitro benzene ring substituents is 1. The predicted octanol–water partition coefficient (Wildman–Crippen LogP) is 1.98. The number of carbonyl (C=O) groups excluding carboxylic acids is 1. The molecule has 0 radical (unpaired) electrons. The van der Waals surface area contributed by atoms with Crippen LogP contribution in [0.25, 0.3) is 0 Å². The molecule has 31 heavy (non-hydrogen) atoms. The highest BCUT2D eigenvalue weighted by molar-refractivity contribution is 7.89. The first-order chi connectivity index (χ1) is 14.8. The van der Waals surface area contributed by atoms with Crippen LogP contribution in [0.5, 0.6) is 0 Å². The Morgan fingerprint density at radius 2 is 1.81 bits per heavy atom. The van der Waals surface area contributed by atoms with Crippen molar-refractivity contribution in [3.63, 3.8) is 0 Å². The first-order valence-corrected chi connectivity index (χ1v) is 11.5. The van der Waals surface area contributed by atoms with E-state index in [9.17, 15) is 23.3 Å². The van der Waals surface area contributed by atoms with Crippen LogP contribution in [0.2, 0.25) is 0 Å². The number of piperazine rings is 1. The number of anilines is 1. The van der Waals surface area contributed by atoms with Crippen molar-refractivity contribution in [2.24, 2.45) is 0 Å². The van der Waals surface area contributed by atoms with E-state index in [-0.39, 0.29) is 29.6 Å². The Morgan fingerprint density at radius 1 is 1.13 bits per heavy atom. The number of nitrogens with zero attached hydrogens (tertiary/aromatic N) is 5. The van der Waals surface area contributed by atoms with E-state index in [1.165, 1.54) is 16.4 Å². The maximum atomic E-state index is 12.7. The largest absolute Gasteiger partial charge is 0.362 e. The summed E-state index contributed by atoms with van der Waals surface area (Å²) in [6, 6.07) is 9.13. The van der Waals surface area contributed by atoms with Crippen LogP contribution in [0.15, 0.2) is 47.5 Å². The molecule has 1 aliphatic heterocycles. The molecule has 0 spiro atoms. The van der Waals surface area contributed by atoms with Gasteiger partial charge in [-0.25, -0.2) is 8.42 Å². The molecule has 0 saturated carbocycles. The van der Waals surface area contributed by atoms with Crippen LogP contribution >= 0.6 is 0 Å². The van der Waals surface area contributed by atoms with Crippen LogP contribution < -0.4 is 4.90 Å². The number of benzene rings is 1. The third-order valence-electron chi connectivity index (χ3n) is 5.28. The molecule has 1 aliphatic rings. The summed E-state index contributed by atoms with van der Waals surface area (Å²) in [5, 5.41) is 11.7. The van der Waals surface area contributed by atoms with E-state index in [2.05, 4.69) is 4.98 Å². The minimum Gasteiger partial charge on any atom is -0.362 e. The Kier molecular flexibility index (Phi) is 6.86. The van der Waals surface area contributed by atoms with Crippen molar-refractivity contribution in [2.45, 2.75) is 18.7 Å². The smallest absolute Gasteiger partial charge is 0.293 e. The Balaban J connectivity index is 1.81. The van der Waals surface area contributed by atoms with Gasteiger partial charge in [0.15, 0.2) is 0 Å². The van der Waals surface area contributed by atoms with Crippen LogP contribution in [-0.2, 0) is 10.0 Å². The summed E-state index contributed by atoms with van der Waals surface area (Å²) in [6.45, 7) is 5.54. The highest BCUT2D eigenvalue weighted by Crippen LogP contribution is 2.32. The Hall–Kier alpha value is -3.05. The van der Waals surface area contributed by atoms with Gasteiger partial charge in [-0.2, -0.15) is 4.31 Å². The number of aromatic nitrogens is 1. The minimum absolute atomic E-state index is 0.101. The average molecular weight is 448 g/mol. The topological polar surface area (TPSA) is 117 Å². The second-order valence-electron chi connectivity index (χ2n) is 6.99. The van der Waals surface area contributed by atoms with Crippen LogP contribution in [0.1, 0.15) is 24.3 Å². The number of rotatable bonds is 7. The third kappa shape index (κ3) is 4.67. The molecule has 1 aromatic carbocycles. The van der Waals surface area contributed by atoms with E-state index < -0.39 is 14.9 Å². The number of nitro groups is 1. The summed E-state index contributed by atoms with van der Waals surface area (Å²) in [4.78, 5) is 31.1. The molecule has 1 amide bonds. The van der Waals surface area contributed by atoms with Gasteiger partial charge >= 0.3 is 0 Å². The van der Waals surface area contributed by atoms with Crippen molar-refractivity contribution in [1.29, 1.82) is 0 Å². The molecule has 10 nitrogen and oxygen atoms in total. The number of pyridine rings is 1. The summed E-state index contributed by atoms with van der Waals surface area (Å²) in [6.07, 6.45) is 1.56. The van der Waals surface area contributed by atoms with E-state index >= 15 is 0 Å². The van der Waals surface area contributed by atoms with Gasteiger partial charge < -0.3 is 9.80 Å². The zero-order chi connectivity index (χ0) is 22.6. The molecule has 3 rings (SSSR count). The first-order valence-electron chi connectivity index (χ1n) is 10.0. The highest BCUT2D eigenvalue weighted by atomic mass is 32.2. The quantitative estimate of drug-likeness (QED) is 0.470. The Morgan fingerprint density at radius 3 is 2.35 bits per heavy atom. The van der Waals surface area contributed by atoms with Crippen molar-refractivity contribution >= 4 is 27.3 Å². The summed E-state index contributed by atoms with van der Waals surface area (Å²) in [7, 11) is -3.80. The van der Waals surface area contributed by atoms with E-state index in [4.69, 9.17) is 0 Å². The van der Waals surface area contributed by atoms with Gasteiger partial charge in [0.2, 0.25) is 10.0 Å². The zero-order valence-corrected chi connectivity index (χ0v) is 18.3. The van der Waals surface area contributed by atoms with Crippen molar-refractivity contribution < 1.29 is 18.1 Å². The van der Waals surface area contributed by atoms with Crippen LogP contribution in [0.4, 0.5) is 11.4 Å². The SMILES string of the molecule is CCN(CC)S(=O)(=O)c1ccc(N2CCN(C(=O)c3ccccn3)CC2)c([N+](=O)[O-])c1. The van der Waals surface area contributed by atoms with Crippen LogP contribution in [0, 0.1) is 10.1 Å². The molecule has 0 atom stereocenters. The van der Waals surface area contributed by atoms with E-state index in [1.807, 2.05) is 0 Å². The Bertz CT molecular complexity index is 1050. The number of sulfonamides is 1. The number of hydrogen-bond acceptors (Lipinski definition) is 7. The lowest BCUT2D eigenvalue weighted by molar-refractivity contribution is -0.384. The average Bonchev–Trinajstić information content (AvgIpc) is 2.79. The molecule has 0 bridgehead atoms. The number of amides is 1. The summed E-state index contributed by atoms with van der Waals surface area (Å²) in [5.74, 6) is -0.185. The van der Waals surface area contributed by atoms with Gasteiger partial charge in [0.05, 0.1) is 9.82 Å². The van der Waals surface area contributed by atoms with Gasteiger partial charge in [-0.1, -0.05) is 19.9 Å². The number of carbonyl (C=O) groups is 1. The second-order valence-corrected chi connectivity index (χ2v) is 8.93. The van der Waals surface area contributed by atoms with Gasteiger partial charge in [-0.3, -0.25) is 19.9 Å². The van der Waals surface area contributed by atoms with Gasteiger partial charge in [-0.15, -0.1) is 0 Å². The monoisotopic (exact) mass is 447 g/mol. The van der Waals surface area contributed by atoms with E-state index in [0.717, 1.165) is 6.07 Å². The van der Waals surface area contributed by atoms with Crippen molar-refractivity contribution in [2.75, 3.05) is 44.2 Å². The molecule has 0 unspecified atom stereocenters. The maximum absolute atomic E-state index is 12.7. The Labute approximate surface area is 181 Å². The molecular weight excluding hydrogens is 422 g/mol. The van der Waals surface area contributed by atoms with Gasteiger partial charge in [0.25, 0.3) is 11.6 Å². The van der Waals surface area contributed by atoms with E-state index in [0.29, 0.717) is 37.6 Å². The number of hydrogen-bond donors (Lipinski definition) is 0. The standard InChI is InChI=1S/C20H25N5O5S/c1-3-24(4-2)31(29,30)16-8-9-18(19(15-16)25(27)28)22-11-13-23(14-12-22)20(26)17-7-5-6-10-21-17/h5-10,15H,3-4,11-14H2,1-2H3. The van der Waals surface area contributed by atoms with Crippen molar-refractivity contribution in [1.82, 2.24) is 14.2 Å². The fourth-order valence-corrected chi connectivity index (χ4v) is 5.07. The zero-order valence-electron chi connectivity index (χ0n) is 17.5. The molecule has 2 heterocycles. The molecule has 1 saturated heterocycles. The molecule has 2 aromatic rings. The lowest BCUT2D eigenvalue weighted by Gasteiger charge is -2.35. The van der Waals surface area contributed by atoms with E-state index in [1.54, 1.807) is 48.0 Å². The molecule has 0 N–H and O–H groups in total. The maximum Gasteiger partial charge on any atom is 0.293 e. The molecule has 1 aromatic heterocycles. The fraction of sp³-hybridized carbons (Fsp3) is 0.400. The first kappa shape index (κ1) is 22.6. The molecule has 166 valence electrons. The molecule has 11 heteroatoms. The molecule has 1 fully saturated rings. The predicted molar refractivity (Wildman–Crippen MR) is 116 cm³/mol. The van der Waals surface area contributed by atoms with Crippen LogP contribution in [0.3, 0.4) is 0 Å². The minimum atomic E-state index is -3.80. The summed E-state index contributed by atoms with van der Waals surface area (Å²) < 4.78 is 26.8. The van der Waals surface area contributed by atoms with Crippen LogP contribution in [-0.4, -0.2) is 72.7 Å². The lowest BCUT2D eigenvalue weighted by Crippen LogP contribution is -2.49. The third-order valence-corrected chi connectivity index (χ3v) is 7.32. The van der Waals surface area contributed by atoms with Gasteiger partial charge in [0, 0.05) is 51.5 Å². The van der Waals surface area contributed by atoms with Gasteiger partial charge in [0.1, 0.15) is 11.4 Å². The molecule has 0 aliphatic carbocycles. The second kappa shape index (κ2) is 9.40. The lowest BCUT2D eigenvalue weighted by atomic mass is 10.2.